The van der Waals surface area contributed by atoms with Crippen molar-refractivity contribution in [2.45, 2.75) is 64.1 Å². The van der Waals surface area contributed by atoms with Crippen LogP contribution in [0.15, 0.2) is 79.1 Å². The minimum absolute atomic E-state index is 0.323. The maximum atomic E-state index is 12.0. The number of H-pyrrole nitrogens is 1. The van der Waals surface area contributed by atoms with Gasteiger partial charge in [0.1, 0.15) is 30.4 Å². The number of benzene rings is 3. The standard InChI is InChI=1S/C45H51N5O5/c1-30(2)37-6-4-5-7-38(37)39-28-48(27-32-9-11-40(52-3)43-42(32)53-20-21-54-43)18-19-50(39)35-24-45(25-35)13-16-49(17-14-45)34-10-8-33(29-51)41(23-34)55-36-22-31-12-15-46-44(31)47-26-36/h4-12,15,22-23,26,29-30,35,39H,13-14,16-21,24-25,27-28H2,1-3H3,(H,46,47). The molecule has 1 spiro atoms. The van der Waals surface area contributed by atoms with E-state index < -0.39 is 0 Å². The predicted molar refractivity (Wildman–Crippen MR) is 214 cm³/mol. The lowest BCUT2D eigenvalue weighted by molar-refractivity contribution is -0.0629. The number of fused-ring (bicyclic) bond motifs is 2. The molecule has 1 unspecified atom stereocenters. The number of rotatable bonds is 10. The average molecular weight is 742 g/mol. The second kappa shape index (κ2) is 14.9. The van der Waals surface area contributed by atoms with Gasteiger partial charge in [-0.1, -0.05) is 44.2 Å². The summed E-state index contributed by atoms with van der Waals surface area (Å²) in [6.07, 6.45) is 9.24. The molecular weight excluding hydrogens is 691 g/mol. The number of hydrogen-bond donors (Lipinski definition) is 1. The van der Waals surface area contributed by atoms with Crippen LogP contribution in [0, 0.1) is 5.41 Å². The Morgan fingerprint density at radius 3 is 2.56 bits per heavy atom. The Balaban J connectivity index is 0.885. The van der Waals surface area contributed by atoms with Crippen molar-refractivity contribution in [3.8, 4) is 28.7 Å². The van der Waals surface area contributed by atoms with E-state index in [2.05, 4.69) is 74.9 Å². The smallest absolute Gasteiger partial charge is 0.204 e. The van der Waals surface area contributed by atoms with E-state index in [0.717, 1.165) is 85.1 Å². The van der Waals surface area contributed by atoms with Crippen LogP contribution in [0.4, 0.5) is 5.69 Å². The molecule has 4 aliphatic rings. The van der Waals surface area contributed by atoms with Crippen molar-refractivity contribution in [1.29, 1.82) is 0 Å². The van der Waals surface area contributed by atoms with E-state index in [1.165, 1.54) is 36.8 Å². The number of methoxy groups -OCH3 is 1. The topological polar surface area (TPSA) is 92.4 Å². The minimum atomic E-state index is 0.323. The van der Waals surface area contributed by atoms with Crippen molar-refractivity contribution < 1.29 is 23.7 Å². The molecule has 3 aromatic carbocycles. The quantitative estimate of drug-likeness (QED) is 0.142. The van der Waals surface area contributed by atoms with Crippen molar-refractivity contribution in [1.82, 2.24) is 19.8 Å². The molecule has 0 radical (unpaired) electrons. The van der Waals surface area contributed by atoms with Gasteiger partial charge in [-0.15, -0.1) is 0 Å². The molecular formula is C45H51N5O5. The maximum absolute atomic E-state index is 12.0. The fraction of sp³-hybridized carbons (Fsp3) is 0.422. The summed E-state index contributed by atoms with van der Waals surface area (Å²) >= 11 is 0. The molecule has 1 atom stereocenters. The number of carbonyl (C=O) groups excluding carboxylic acids is 1. The summed E-state index contributed by atoms with van der Waals surface area (Å²) in [6.45, 7) is 11.5. The van der Waals surface area contributed by atoms with Crippen LogP contribution in [0.5, 0.6) is 28.7 Å². The van der Waals surface area contributed by atoms with Crippen LogP contribution < -0.4 is 23.8 Å². The Morgan fingerprint density at radius 2 is 1.76 bits per heavy atom. The van der Waals surface area contributed by atoms with Gasteiger partial charge in [-0.25, -0.2) is 4.98 Å². The largest absolute Gasteiger partial charge is 0.493 e. The SMILES string of the molecule is COc1ccc(CN2CCN(C3CC4(CCN(c5ccc(C=O)c(Oc6cnc7[nH]ccc7c6)c5)CC4)C3)C(c3ccccc3C(C)C)C2)c2c1OCCO2. The number of nitrogens with one attached hydrogen (secondary N) is 1. The highest BCUT2D eigenvalue weighted by Gasteiger charge is 2.50. The van der Waals surface area contributed by atoms with Crippen molar-refractivity contribution in [2.75, 3.05) is 57.9 Å². The van der Waals surface area contributed by atoms with Crippen LogP contribution in [0.1, 0.15) is 78.5 Å². The van der Waals surface area contributed by atoms with Crippen LogP contribution in [-0.4, -0.2) is 85.1 Å². The number of anilines is 1. The third kappa shape index (κ3) is 6.91. The van der Waals surface area contributed by atoms with Gasteiger partial charge in [0.15, 0.2) is 17.8 Å². The number of carbonyl (C=O) groups is 1. The zero-order chi connectivity index (χ0) is 37.5. The van der Waals surface area contributed by atoms with Crippen LogP contribution in [0.3, 0.4) is 0 Å². The molecule has 10 nitrogen and oxygen atoms in total. The van der Waals surface area contributed by atoms with Crippen LogP contribution >= 0.6 is 0 Å². The number of ether oxygens (including phenoxy) is 4. The molecule has 1 aliphatic carbocycles. The zero-order valence-corrected chi connectivity index (χ0v) is 32.1. The first-order valence-electron chi connectivity index (χ1n) is 19.9. The monoisotopic (exact) mass is 741 g/mol. The first-order chi connectivity index (χ1) is 26.9. The molecule has 0 bridgehead atoms. The Kier molecular flexibility index (Phi) is 9.64. The molecule has 2 saturated heterocycles. The zero-order valence-electron chi connectivity index (χ0n) is 32.1. The van der Waals surface area contributed by atoms with Gasteiger partial charge >= 0.3 is 0 Å². The van der Waals surface area contributed by atoms with E-state index in [0.29, 0.717) is 53.7 Å². The molecule has 0 amide bonds. The summed E-state index contributed by atoms with van der Waals surface area (Å²) in [6, 6.07) is 24.0. The van der Waals surface area contributed by atoms with Gasteiger partial charge in [-0.05, 0) is 78.5 Å². The fourth-order valence-corrected chi connectivity index (χ4v) is 9.57. The van der Waals surface area contributed by atoms with E-state index in [9.17, 15) is 4.79 Å². The van der Waals surface area contributed by atoms with E-state index in [4.69, 9.17) is 18.9 Å². The Bertz CT molecular complexity index is 2170. The second-order valence-electron chi connectivity index (χ2n) is 16.1. The lowest BCUT2D eigenvalue weighted by Gasteiger charge is -2.58. The third-order valence-electron chi connectivity index (χ3n) is 12.6. The third-order valence-corrected chi connectivity index (χ3v) is 12.6. The van der Waals surface area contributed by atoms with E-state index in [1.54, 1.807) is 13.3 Å². The number of pyridine rings is 1. The number of nitrogens with zero attached hydrogens (tertiary/aromatic N) is 4. The Labute approximate surface area is 323 Å². The van der Waals surface area contributed by atoms with Crippen molar-refractivity contribution in [2.24, 2.45) is 5.41 Å². The molecule has 1 N–H and O–H groups in total. The van der Waals surface area contributed by atoms with Crippen LogP contribution in [-0.2, 0) is 6.54 Å². The Hall–Kier alpha value is -5.06. The van der Waals surface area contributed by atoms with Crippen molar-refractivity contribution in [3.63, 3.8) is 0 Å². The molecule has 5 heterocycles. The first kappa shape index (κ1) is 35.6. The van der Waals surface area contributed by atoms with Crippen LogP contribution in [0.25, 0.3) is 11.0 Å². The van der Waals surface area contributed by atoms with Crippen molar-refractivity contribution >= 4 is 23.0 Å². The molecule has 5 aromatic rings. The maximum Gasteiger partial charge on any atom is 0.204 e. The van der Waals surface area contributed by atoms with Crippen molar-refractivity contribution in [3.05, 3.63) is 101 Å². The van der Waals surface area contributed by atoms with Gasteiger partial charge in [-0.3, -0.25) is 14.6 Å². The first-order valence-corrected chi connectivity index (χ1v) is 19.9. The molecule has 55 heavy (non-hydrogen) atoms. The number of piperidine rings is 1. The van der Waals surface area contributed by atoms with Gasteiger partial charge in [0, 0.05) is 80.3 Å². The summed E-state index contributed by atoms with van der Waals surface area (Å²) in [5.74, 6) is 3.92. The Morgan fingerprint density at radius 1 is 0.945 bits per heavy atom. The molecule has 286 valence electrons. The van der Waals surface area contributed by atoms with E-state index in [-0.39, 0.29) is 0 Å². The molecule has 1 saturated carbocycles. The molecule has 3 aliphatic heterocycles. The highest BCUT2D eigenvalue weighted by molar-refractivity contribution is 5.81. The minimum Gasteiger partial charge on any atom is -0.493 e. The van der Waals surface area contributed by atoms with Crippen LogP contribution in [0.2, 0.25) is 0 Å². The van der Waals surface area contributed by atoms with Gasteiger partial charge < -0.3 is 28.8 Å². The highest BCUT2D eigenvalue weighted by atomic mass is 16.6. The summed E-state index contributed by atoms with van der Waals surface area (Å²) in [5.41, 5.74) is 6.89. The molecule has 10 heteroatoms. The summed E-state index contributed by atoms with van der Waals surface area (Å²) in [4.78, 5) is 27.5. The molecule has 9 rings (SSSR count). The normalized spacial score (nSPS) is 20.1. The molecule has 3 fully saturated rings. The summed E-state index contributed by atoms with van der Waals surface area (Å²) < 4.78 is 24.0. The number of piperazine rings is 1. The van der Waals surface area contributed by atoms with Gasteiger partial charge in [0.05, 0.1) is 18.9 Å². The lowest BCUT2D eigenvalue weighted by atomic mass is 9.59. The lowest BCUT2D eigenvalue weighted by Crippen LogP contribution is -2.60. The number of hydrogen-bond acceptors (Lipinski definition) is 9. The summed E-state index contributed by atoms with van der Waals surface area (Å²) in [5, 5.41) is 0.969. The molecule has 2 aromatic heterocycles. The highest BCUT2D eigenvalue weighted by Crippen LogP contribution is 2.53. The predicted octanol–water partition coefficient (Wildman–Crippen LogP) is 8.38. The average Bonchev–Trinajstić information content (AvgIpc) is 3.68. The number of aromatic nitrogens is 2. The summed E-state index contributed by atoms with van der Waals surface area (Å²) in [7, 11) is 1.68. The second-order valence-corrected chi connectivity index (χ2v) is 16.1. The van der Waals surface area contributed by atoms with Gasteiger partial charge in [0.25, 0.3) is 0 Å². The number of aldehydes is 1. The van der Waals surface area contributed by atoms with Gasteiger partial charge in [-0.2, -0.15) is 0 Å². The van der Waals surface area contributed by atoms with E-state index >= 15 is 0 Å². The number of aromatic amines is 1. The van der Waals surface area contributed by atoms with Gasteiger partial charge in [0.2, 0.25) is 5.75 Å². The van der Waals surface area contributed by atoms with E-state index in [1.807, 2.05) is 36.5 Å². The fourth-order valence-electron chi connectivity index (χ4n) is 9.57.